The van der Waals surface area contributed by atoms with Crippen LogP contribution in [0.1, 0.15) is 0 Å². The maximum Gasteiger partial charge on any atom is 0.229 e. The van der Waals surface area contributed by atoms with E-state index in [0.29, 0.717) is 52.4 Å². The first-order chi connectivity index (χ1) is 11.6. The second-order valence-electron chi connectivity index (χ2n) is 5.02. The van der Waals surface area contributed by atoms with E-state index < -0.39 is 0 Å². The van der Waals surface area contributed by atoms with Crippen LogP contribution in [0, 0.1) is 0 Å². The maximum atomic E-state index is 12.8. The molecule has 0 atom stereocenters. The van der Waals surface area contributed by atoms with Crippen LogP contribution in [0.4, 0.5) is 0 Å². The van der Waals surface area contributed by atoms with Gasteiger partial charge in [-0.05, 0) is 0 Å². The van der Waals surface area contributed by atoms with E-state index in [0.717, 1.165) is 0 Å². The predicted octanol–water partition coefficient (Wildman–Crippen LogP) is -4.25. The molecule has 0 unspecified atom stereocenters. The van der Waals surface area contributed by atoms with Crippen LogP contribution in [0.15, 0.2) is 22.8 Å². The van der Waals surface area contributed by atoms with Crippen LogP contribution in [0.3, 0.4) is 0 Å². The van der Waals surface area contributed by atoms with Crippen molar-refractivity contribution in [3.63, 3.8) is 0 Å². The van der Waals surface area contributed by atoms with Crippen LogP contribution < -0.4 is 44.2 Å². The molecule has 10 nitrogen and oxygen atoms in total. The van der Waals surface area contributed by atoms with Gasteiger partial charge in [0, 0.05) is 52.4 Å². The SMILES string of the molecule is NCCNC1=C(NCCN)C(=O)C(NCCN)=C(NCCN)C1=O. The minimum atomic E-state index is -0.337. The van der Waals surface area contributed by atoms with E-state index in [4.69, 9.17) is 22.9 Å². The lowest BCUT2D eigenvalue weighted by atomic mass is 9.98. The first kappa shape index (κ1) is 19.9. The number of carbonyl (C=O) groups excluding carboxylic acids is 2. The number of carbonyl (C=O) groups is 2. The third-order valence-electron chi connectivity index (χ3n) is 3.19. The molecule has 0 fully saturated rings. The van der Waals surface area contributed by atoms with Gasteiger partial charge >= 0.3 is 0 Å². The second kappa shape index (κ2) is 10.6. The van der Waals surface area contributed by atoms with Gasteiger partial charge in [0.15, 0.2) is 0 Å². The highest BCUT2D eigenvalue weighted by atomic mass is 16.1. The Balaban J connectivity index is 3.21. The van der Waals surface area contributed by atoms with Crippen molar-refractivity contribution in [2.24, 2.45) is 22.9 Å². The van der Waals surface area contributed by atoms with Crippen LogP contribution in [0.2, 0.25) is 0 Å². The average Bonchev–Trinajstić information content (AvgIpc) is 2.59. The second-order valence-corrected chi connectivity index (χ2v) is 5.02. The van der Waals surface area contributed by atoms with Gasteiger partial charge in [0.2, 0.25) is 11.6 Å². The van der Waals surface area contributed by atoms with E-state index in [-0.39, 0.29) is 34.4 Å². The summed E-state index contributed by atoms with van der Waals surface area (Å²) in [5, 5.41) is 11.7. The highest BCUT2D eigenvalue weighted by Gasteiger charge is 2.34. The fraction of sp³-hybridized carbons (Fsp3) is 0.571. The monoisotopic (exact) mass is 340 g/mol. The number of hydrogen-bond donors (Lipinski definition) is 8. The number of ketones is 2. The topological polar surface area (TPSA) is 186 Å². The summed E-state index contributed by atoms with van der Waals surface area (Å²) in [5.74, 6) is -0.675. The summed E-state index contributed by atoms with van der Waals surface area (Å²) >= 11 is 0. The van der Waals surface area contributed by atoms with Crippen LogP contribution in [-0.2, 0) is 9.59 Å². The Kier molecular flexibility index (Phi) is 8.79. The molecule has 0 aromatic carbocycles. The normalized spacial score (nSPS) is 15.0. The van der Waals surface area contributed by atoms with Crippen LogP contribution >= 0.6 is 0 Å². The lowest BCUT2D eigenvalue weighted by molar-refractivity contribution is -0.117. The Morgan fingerprint density at radius 1 is 0.500 bits per heavy atom. The molecule has 1 aliphatic carbocycles. The average molecular weight is 340 g/mol. The molecular formula is C14H28N8O2. The molecule has 0 heterocycles. The Morgan fingerprint density at radius 2 is 0.708 bits per heavy atom. The van der Waals surface area contributed by atoms with Crippen molar-refractivity contribution < 1.29 is 9.59 Å². The van der Waals surface area contributed by atoms with Crippen molar-refractivity contribution in [3.8, 4) is 0 Å². The summed E-state index contributed by atoms with van der Waals surface area (Å²) in [6.45, 7) is 2.72. The molecule has 0 radical (unpaired) electrons. The Labute approximate surface area is 141 Å². The largest absolute Gasteiger partial charge is 0.379 e. The molecule has 12 N–H and O–H groups in total. The van der Waals surface area contributed by atoms with Gasteiger partial charge in [-0.25, -0.2) is 0 Å². The van der Waals surface area contributed by atoms with Gasteiger partial charge in [-0.3, -0.25) is 9.59 Å². The van der Waals surface area contributed by atoms with Crippen molar-refractivity contribution >= 4 is 11.6 Å². The third-order valence-corrected chi connectivity index (χ3v) is 3.19. The third kappa shape index (κ3) is 4.93. The molecule has 0 spiro atoms. The molecule has 0 bridgehead atoms. The first-order valence-corrected chi connectivity index (χ1v) is 7.96. The zero-order valence-corrected chi connectivity index (χ0v) is 13.8. The number of nitrogens with two attached hydrogens (primary N) is 4. The molecule has 0 aromatic rings. The zero-order valence-electron chi connectivity index (χ0n) is 13.8. The predicted molar refractivity (Wildman–Crippen MR) is 92.3 cm³/mol. The van der Waals surface area contributed by atoms with Gasteiger partial charge in [0.05, 0.1) is 0 Å². The Morgan fingerprint density at radius 3 is 0.875 bits per heavy atom. The van der Waals surface area contributed by atoms with Gasteiger partial charge in [0.25, 0.3) is 0 Å². The first-order valence-electron chi connectivity index (χ1n) is 7.96. The van der Waals surface area contributed by atoms with Gasteiger partial charge in [-0.2, -0.15) is 0 Å². The van der Waals surface area contributed by atoms with Crippen LogP contribution in [0.25, 0.3) is 0 Å². The van der Waals surface area contributed by atoms with Crippen LogP contribution in [-0.4, -0.2) is 63.9 Å². The zero-order chi connectivity index (χ0) is 17.9. The van der Waals surface area contributed by atoms with E-state index in [1.54, 1.807) is 0 Å². The summed E-state index contributed by atoms with van der Waals surface area (Å²) in [5.41, 5.74) is 22.7. The molecular weight excluding hydrogens is 312 g/mol. The molecule has 0 amide bonds. The molecule has 24 heavy (non-hydrogen) atoms. The number of hydrogen-bond acceptors (Lipinski definition) is 10. The van der Waals surface area contributed by atoms with Crippen molar-refractivity contribution in [1.82, 2.24) is 21.3 Å². The number of rotatable bonds is 12. The minimum absolute atomic E-state index is 0.178. The minimum Gasteiger partial charge on any atom is -0.379 e. The van der Waals surface area contributed by atoms with Gasteiger partial charge in [0.1, 0.15) is 22.8 Å². The maximum absolute atomic E-state index is 12.8. The van der Waals surface area contributed by atoms with Crippen molar-refractivity contribution in [2.75, 3.05) is 52.4 Å². The van der Waals surface area contributed by atoms with Gasteiger partial charge in [-0.15, -0.1) is 0 Å². The highest BCUT2D eigenvalue weighted by Crippen LogP contribution is 2.19. The summed E-state index contributed by atoms with van der Waals surface area (Å²) in [6.07, 6.45) is 0. The molecule has 0 saturated carbocycles. The Hall–Kier alpha value is -2.14. The molecule has 136 valence electrons. The summed E-state index contributed by atoms with van der Waals surface area (Å²) in [6, 6.07) is 0. The fourth-order valence-corrected chi connectivity index (χ4v) is 2.17. The van der Waals surface area contributed by atoms with Gasteiger partial charge < -0.3 is 44.2 Å². The summed E-state index contributed by atoms with van der Waals surface area (Å²) in [7, 11) is 0. The standard InChI is InChI=1S/C14H28N8O2/c15-1-5-19-9-10(20-6-2-16)14(24)12(22-8-4-18)11(13(9)23)21-7-3-17/h19-22H,1-8,15-18H2. The summed E-state index contributed by atoms with van der Waals surface area (Å²) in [4.78, 5) is 25.6. The van der Waals surface area contributed by atoms with E-state index in [1.165, 1.54) is 0 Å². The quantitative estimate of drug-likeness (QED) is 0.162. The molecule has 0 aliphatic heterocycles. The van der Waals surface area contributed by atoms with E-state index in [9.17, 15) is 9.59 Å². The lowest BCUT2D eigenvalue weighted by Gasteiger charge is -2.26. The van der Waals surface area contributed by atoms with E-state index >= 15 is 0 Å². The van der Waals surface area contributed by atoms with Gasteiger partial charge in [-0.1, -0.05) is 0 Å². The van der Waals surface area contributed by atoms with Crippen molar-refractivity contribution in [1.29, 1.82) is 0 Å². The van der Waals surface area contributed by atoms with E-state index in [2.05, 4.69) is 21.3 Å². The molecule has 10 heteroatoms. The highest BCUT2D eigenvalue weighted by molar-refractivity contribution is 6.24. The Bertz CT molecular complexity index is 429. The van der Waals surface area contributed by atoms with Crippen molar-refractivity contribution in [2.45, 2.75) is 0 Å². The van der Waals surface area contributed by atoms with Crippen LogP contribution in [0.5, 0.6) is 0 Å². The number of nitrogens with one attached hydrogen (secondary N) is 4. The molecule has 0 aromatic heterocycles. The molecule has 0 saturated heterocycles. The lowest BCUT2D eigenvalue weighted by Crippen LogP contribution is -2.46. The fourth-order valence-electron chi connectivity index (χ4n) is 2.17. The van der Waals surface area contributed by atoms with E-state index in [1.807, 2.05) is 0 Å². The summed E-state index contributed by atoms with van der Waals surface area (Å²) < 4.78 is 0. The molecule has 1 aliphatic rings. The number of Topliss-reactive ketones (excluding diaryl/α,β-unsaturated/α-hetero) is 2. The molecule has 1 rings (SSSR count). The smallest absolute Gasteiger partial charge is 0.229 e. The van der Waals surface area contributed by atoms with Crippen molar-refractivity contribution in [3.05, 3.63) is 22.8 Å².